The summed E-state index contributed by atoms with van der Waals surface area (Å²) in [4.78, 5) is 0. The zero-order chi connectivity index (χ0) is 35.3. The molecule has 12 aromatic rings. The van der Waals surface area contributed by atoms with Crippen molar-refractivity contribution < 1.29 is 4.42 Å². The maximum atomic E-state index is 6.75. The summed E-state index contributed by atoms with van der Waals surface area (Å²) in [6.45, 7) is 0. The molecule has 0 unspecified atom stereocenters. The third-order valence-corrected chi connectivity index (χ3v) is 12.6. The van der Waals surface area contributed by atoms with E-state index in [9.17, 15) is 0 Å². The van der Waals surface area contributed by atoms with Gasteiger partial charge in [-0.1, -0.05) is 152 Å². The average Bonchev–Trinajstić information content (AvgIpc) is 3.82. The van der Waals surface area contributed by atoms with Gasteiger partial charge in [0.2, 0.25) is 0 Å². The van der Waals surface area contributed by atoms with Crippen LogP contribution in [0.3, 0.4) is 0 Å². The normalized spacial score (nSPS) is 12.1. The van der Waals surface area contributed by atoms with Gasteiger partial charge in [-0.05, 0) is 96.0 Å². The van der Waals surface area contributed by atoms with Gasteiger partial charge in [0.25, 0.3) is 0 Å². The van der Waals surface area contributed by atoms with E-state index in [1.165, 1.54) is 85.9 Å². The number of thiophene rings is 1. The highest BCUT2D eigenvalue weighted by Gasteiger charge is 2.21. The van der Waals surface area contributed by atoms with E-state index < -0.39 is 0 Å². The van der Waals surface area contributed by atoms with Gasteiger partial charge in [0.15, 0.2) is 0 Å². The van der Waals surface area contributed by atoms with Crippen LogP contribution < -0.4 is 0 Å². The highest BCUT2D eigenvalue weighted by Crippen LogP contribution is 2.49. The van der Waals surface area contributed by atoms with E-state index in [2.05, 4.69) is 182 Å². The fraction of sp³-hybridized carbons (Fsp3) is 0. The fourth-order valence-corrected chi connectivity index (χ4v) is 10.3. The standard InChI is InChI=1S/C52H30OS/c1-2-16-34-31(13-1)27-28-41-45-30-44(35-17-3-8-22-40(35)52(45)53-51(34)41)32-14-11-15-33(29-32)48-36-18-4-6-20-38(36)49(39-21-7-5-19-37(39)48)43-24-12-26-47-50(43)42-23-9-10-25-46(42)54-47/h1-30H. The van der Waals surface area contributed by atoms with Crippen LogP contribution in [-0.2, 0) is 0 Å². The van der Waals surface area contributed by atoms with E-state index in [0.29, 0.717) is 0 Å². The second-order valence-electron chi connectivity index (χ2n) is 14.3. The molecule has 0 aliphatic rings. The molecule has 0 spiro atoms. The lowest BCUT2D eigenvalue weighted by Crippen LogP contribution is -1.92. The Labute approximate surface area is 314 Å². The first-order valence-corrected chi connectivity index (χ1v) is 19.3. The largest absolute Gasteiger partial charge is 0.455 e. The highest BCUT2D eigenvalue weighted by molar-refractivity contribution is 7.26. The van der Waals surface area contributed by atoms with Crippen molar-refractivity contribution in [3.05, 3.63) is 182 Å². The molecule has 0 atom stereocenters. The average molecular weight is 703 g/mol. The van der Waals surface area contributed by atoms with Crippen molar-refractivity contribution in [2.45, 2.75) is 0 Å². The maximum absolute atomic E-state index is 6.75. The number of hydrogen-bond donors (Lipinski definition) is 0. The first kappa shape index (κ1) is 29.8. The van der Waals surface area contributed by atoms with Crippen LogP contribution in [0.2, 0.25) is 0 Å². The molecule has 0 amide bonds. The van der Waals surface area contributed by atoms with Gasteiger partial charge in [-0.2, -0.15) is 0 Å². The summed E-state index contributed by atoms with van der Waals surface area (Å²) in [5.74, 6) is 0. The van der Waals surface area contributed by atoms with Crippen LogP contribution in [-0.4, -0.2) is 0 Å². The quantitative estimate of drug-likeness (QED) is 0.167. The molecule has 12 rings (SSSR count). The molecule has 0 saturated heterocycles. The Hall–Kier alpha value is -6.74. The van der Waals surface area contributed by atoms with Gasteiger partial charge in [-0.15, -0.1) is 11.3 Å². The predicted molar refractivity (Wildman–Crippen MR) is 233 cm³/mol. The van der Waals surface area contributed by atoms with E-state index in [1.54, 1.807) is 0 Å². The Morgan fingerprint density at radius 2 is 0.870 bits per heavy atom. The van der Waals surface area contributed by atoms with Gasteiger partial charge in [0.1, 0.15) is 11.2 Å². The molecule has 0 N–H and O–H groups in total. The second-order valence-corrected chi connectivity index (χ2v) is 15.4. The topological polar surface area (TPSA) is 13.1 Å². The lowest BCUT2D eigenvalue weighted by atomic mass is 9.84. The van der Waals surface area contributed by atoms with Crippen molar-refractivity contribution in [1.82, 2.24) is 0 Å². The van der Waals surface area contributed by atoms with Gasteiger partial charge >= 0.3 is 0 Å². The molecule has 2 aromatic heterocycles. The summed E-state index contributed by atoms with van der Waals surface area (Å²) >= 11 is 1.88. The number of rotatable bonds is 3. The Morgan fingerprint density at radius 3 is 1.65 bits per heavy atom. The lowest BCUT2D eigenvalue weighted by Gasteiger charge is -2.19. The lowest BCUT2D eigenvalue weighted by molar-refractivity contribution is 0.676. The molecule has 2 heteroatoms. The number of furan rings is 1. The van der Waals surface area contributed by atoms with E-state index in [1.807, 2.05) is 11.3 Å². The van der Waals surface area contributed by atoms with E-state index in [0.717, 1.165) is 32.7 Å². The summed E-state index contributed by atoms with van der Waals surface area (Å²) in [5.41, 5.74) is 9.34. The van der Waals surface area contributed by atoms with Crippen molar-refractivity contribution in [2.24, 2.45) is 0 Å². The van der Waals surface area contributed by atoms with Crippen molar-refractivity contribution >= 4 is 96.5 Å². The molecule has 10 aromatic carbocycles. The SMILES string of the molecule is c1cc(-c2c3ccccc3c(-c3cccc4sc5ccccc5c34)c3ccccc23)cc(-c2cc3c4ccc5ccccc5c4oc3c3ccccc23)c1. The number of benzene rings is 10. The fourth-order valence-electron chi connectivity index (χ4n) is 9.12. The third kappa shape index (κ3) is 4.20. The van der Waals surface area contributed by atoms with Crippen molar-refractivity contribution in [2.75, 3.05) is 0 Å². The molecule has 1 nitrogen and oxygen atoms in total. The summed E-state index contributed by atoms with van der Waals surface area (Å²) in [6.07, 6.45) is 0. The van der Waals surface area contributed by atoms with Gasteiger partial charge in [-0.3, -0.25) is 0 Å². The molecule has 0 radical (unpaired) electrons. The minimum atomic E-state index is 0.942. The monoisotopic (exact) mass is 702 g/mol. The molecule has 0 fully saturated rings. The Kier molecular flexibility index (Phi) is 6.28. The van der Waals surface area contributed by atoms with Crippen LogP contribution in [0.25, 0.3) is 119 Å². The summed E-state index contributed by atoms with van der Waals surface area (Å²) in [5, 5.41) is 14.6. The van der Waals surface area contributed by atoms with Crippen molar-refractivity contribution in [1.29, 1.82) is 0 Å². The van der Waals surface area contributed by atoms with Crippen LogP contribution >= 0.6 is 11.3 Å². The van der Waals surface area contributed by atoms with Gasteiger partial charge in [0, 0.05) is 41.7 Å². The van der Waals surface area contributed by atoms with E-state index >= 15 is 0 Å². The number of fused-ring (bicyclic) bond motifs is 12. The Balaban J connectivity index is 1.13. The smallest absolute Gasteiger partial charge is 0.143 e. The van der Waals surface area contributed by atoms with Crippen LogP contribution in [0.5, 0.6) is 0 Å². The maximum Gasteiger partial charge on any atom is 0.143 e. The van der Waals surface area contributed by atoms with E-state index in [4.69, 9.17) is 4.42 Å². The molecular formula is C52H30OS. The van der Waals surface area contributed by atoms with Gasteiger partial charge < -0.3 is 4.42 Å². The molecular weight excluding hydrogens is 673 g/mol. The summed E-state index contributed by atoms with van der Waals surface area (Å²) < 4.78 is 9.40. The summed E-state index contributed by atoms with van der Waals surface area (Å²) in [6, 6.07) is 66.7. The minimum Gasteiger partial charge on any atom is -0.455 e. The van der Waals surface area contributed by atoms with E-state index in [-0.39, 0.29) is 0 Å². The molecule has 0 aliphatic heterocycles. The molecule has 54 heavy (non-hydrogen) atoms. The van der Waals surface area contributed by atoms with Gasteiger partial charge in [0.05, 0.1) is 0 Å². The van der Waals surface area contributed by atoms with Crippen LogP contribution in [0, 0.1) is 0 Å². The Morgan fingerprint density at radius 1 is 0.315 bits per heavy atom. The molecule has 250 valence electrons. The zero-order valence-electron chi connectivity index (χ0n) is 29.1. The third-order valence-electron chi connectivity index (χ3n) is 11.4. The molecule has 2 heterocycles. The number of hydrogen-bond acceptors (Lipinski definition) is 2. The Bertz CT molecular complexity index is 3450. The first-order valence-electron chi connectivity index (χ1n) is 18.5. The van der Waals surface area contributed by atoms with Gasteiger partial charge in [-0.25, -0.2) is 0 Å². The molecule has 0 aliphatic carbocycles. The molecule has 0 bridgehead atoms. The van der Waals surface area contributed by atoms with Crippen LogP contribution in [0.4, 0.5) is 0 Å². The predicted octanol–water partition coefficient (Wildman–Crippen LogP) is 15.6. The molecule has 0 saturated carbocycles. The first-order chi connectivity index (χ1) is 26.8. The minimum absolute atomic E-state index is 0.942. The van der Waals surface area contributed by atoms with Crippen molar-refractivity contribution in [3.8, 4) is 33.4 Å². The van der Waals surface area contributed by atoms with Crippen LogP contribution in [0.15, 0.2) is 186 Å². The second kappa shape index (κ2) is 11.4. The summed E-state index contributed by atoms with van der Waals surface area (Å²) in [7, 11) is 0. The zero-order valence-corrected chi connectivity index (χ0v) is 30.0. The van der Waals surface area contributed by atoms with Crippen LogP contribution in [0.1, 0.15) is 0 Å². The van der Waals surface area contributed by atoms with Crippen molar-refractivity contribution in [3.63, 3.8) is 0 Å². The highest BCUT2D eigenvalue weighted by atomic mass is 32.1.